The summed E-state index contributed by atoms with van der Waals surface area (Å²) in [5, 5.41) is 14.6. The van der Waals surface area contributed by atoms with Crippen molar-refractivity contribution in [1.29, 1.82) is 10.7 Å². The second-order valence-corrected chi connectivity index (χ2v) is 2.35. The summed E-state index contributed by atoms with van der Waals surface area (Å²) in [6.45, 7) is 0. The molecule has 14 heavy (non-hydrogen) atoms. The predicted octanol–water partition coefficient (Wildman–Crippen LogP) is 0.124. The number of nitrogens with one attached hydrogen (secondary N) is 1. The predicted molar refractivity (Wildman–Crippen MR) is 43.6 cm³/mol. The Balaban J connectivity index is 4.54. The molecule has 0 radical (unpaired) electrons. The zero-order valence-electron chi connectivity index (χ0n) is 6.97. The van der Waals surface area contributed by atoms with Crippen molar-refractivity contribution in [2.24, 2.45) is 16.5 Å². The second kappa shape index (κ2) is 4.57. The fourth-order valence-corrected chi connectivity index (χ4v) is 0.478. The van der Waals surface area contributed by atoms with Gasteiger partial charge >= 0.3 is 6.18 Å². The first-order chi connectivity index (χ1) is 6.29. The molecular formula is C6H8F3N5. The average Bonchev–Trinajstić information content (AvgIpc) is 2.02. The second-order valence-electron chi connectivity index (χ2n) is 2.35. The van der Waals surface area contributed by atoms with Gasteiger partial charge in [0.15, 0.2) is 0 Å². The van der Waals surface area contributed by atoms with E-state index in [2.05, 4.69) is 4.99 Å². The average molecular weight is 207 g/mol. The van der Waals surface area contributed by atoms with Crippen molar-refractivity contribution in [2.45, 2.75) is 18.6 Å². The van der Waals surface area contributed by atoms with Crippen LogP contribution < -0.4 is 11.5 Å². The molecule has 5 N–H and O–H groups in total. The summed E-state index contributed by atoms with van der Waals surface area (Å²) in [7, 11) is 0. The molecule has 0 aromatic carbocycles. The van der Waals surface area contributed by atoms with Gasteiger partial charge in [-0.25, -0.2) is 4.99 Å². The van der Waals surface area contributed by atoms with Crippen LogP contribution in [-0.4, -0.2) is 23.9 Å². The number of alkyl halides is 3. The molecule has 0 fully saturated rings. The van der Waals surface area contributed by atoms with Crippen LogP contribution in [0.5, 0.6) is 0 Å². The van der Waals surface area contributed by atoms with Crippen molar-refractivity contribution in [1.82, 2.24) is 0 Å². The van der Waals surface area contributed by atoms with Gasteiger partial charge in [-0.05, 0) is 0 Å². The van der Waals surface area contributed by atoms with E-state index in [1.54, 1.807) is 6.07 Å². The summed E-state index contributed by atoms with van der Waals surface area (Å²) in [5.41, 5.74) is 10.2. The minimum absolute atomic E-state index is 0.250. The van der Waals surface area contributed by atoms with Crippen molar-refractivity contribution in [3.63, 3.8) is 0 Å². The number of hydrogen-bond donors (Lipinski definition) is 3. The summed E-state index contributed by atoms with van der Waals surface area (Å²) in [5.74, 6) is -2.41. The van der Waals surface area contributed by atoms with Crippen LogP contribution in [-0.2, 0) is 0 Å². The summed E-state index contributed by atoms with van der Waals surface area (Å²) < 4.78 is 35.3. The summed E-state index contributed by atoms with van der Waals surface area (Å²) >= 11 is 0. The number of hydrogen-bond acceptors (Lipinski definition) is 3. The van der Waals surface area contributed by atoms with Crippen LogP contribution in [0.25, 0.3) is 0 Å². The molecule has 0 rings (SSSR count). The van der Waals surface area contributed by atoms with E-state index in [0.717, 1.165) is 0 Å². The first-order valence-corrected chi connectivity index (χ1v) is 3.41. The first-order valence-electron chi connectivity index (χ1n) is 3.41. The maximum absolute atomic E-state index is 11.8. The molecular weight excluding hydrogens is 199 g/mol. The molecule has 8 heteroatoms. The van der Waals surface area contributed by atoms with E-state index >= 15 is 0 Å². The highest BCUT2D eigenvalue weighted by molar-refractivity contribution is 5.99. The highest BCUT2D eigenvalue weighted by atomic mass is 19.4. The molecule has 0 spiro atoms. The number of aliphatic imine (C=N–C) groups is 1. The highest BCUT2D eigenvalue weighted by Gasteiger charge is 2.35. The fraction of sp³-hybridized carbons (Fsp3) is 0.500. The number of nitrogens with two attached hydrogens (primary N) is 2. The third-order valence-electron chi connectivity index (χ3n) is 1.20. The maximum Gasteiger partial charge on any atom is 0.450 e. The Hall–Kier alpha value is -1.62. The van der Waals surface area contributed by atoms with E-state index in [4.69, 9.17) is 22.1 Å². The van der Waals surface area contributed by atoms with Crippen molar-refractivity contribution >= 4 is 11.7 Å². The molecule has 0 saturated heterocycles. The molecule has 0 bridgehead atoms. The van der Waals surface area contributed by atoms with Gasteiger partial charge in [0.1, 0.15) is 5.84 Å². The Morgan fingerprint density at radius 3 is 2.43 bits per heavy atom. The first kappa shape index (κ1) is 12.4. The number of amidine groups is 2. The molecule has 0 saturated carbocycles. The van der Waals surface area contributed by atoms with Crippen LogP contribution in [0.4, 0.5) is 13.2 Å². The Morgan fingerprint density at radius 2 is 2.07 bits per heavy atom. The van der Waals surface area contributed by atoms with Gasteiger partial charge in [-0.15, -0.1) is 0 Å². The monoisotopic (exact) mass is 207 g/mol. The number of rotatable bonds is 2. The van der Waals surface area contributed by atoms with Gasteiger partial charge in [0.25, 0.3) is 0 Å². The third kappa shape index (κ3) is 3.86. The van der Waals surface area contributed by atoms with E-state index in [9.17, 15) is 13.2 Å². The topological polar surface area (TPSA) is 112 Å². The summed E-state index contributed by atoms with van der Waals surface area (Å²) in [6.07, 6.45) is -5.10. The van der Waals surface area contributed by atoms with Crippen LogP contribution in [0.2, 0.25) is 0 Å². The Labute approximate surface area is 77.7 Å². The lowest BCUT2D eigenvalue weighted by atomic mass is 10.2. The van der Waals surface area contributed by atoms with Gasteiger partial charge in [0, 0.05) is 0 Å². The lowest BCUT2D eigenvalue weighted by Gasteiger charge is -2.08. The Bertz CT molecular complexity index is 287. The number of nitrogens with zero attached hydrogens (tertiary/aromatic N) is 2. The zero-order valence-corrected chi connectivity index (χ0v) is 6.97. The van der Waals surface area contributed by atoms with E-state index in [1.807, 2.05) is 0 Å². The smallest absolute Gasteiger partial charge is 0.386 e. The SMILES string of the molecule is N#CCC(N)C(N)=NC(=N)C(F)(F)F. The molecule has 0 aliphatic carbocycles. The van der Waals surface area contributed by atoms with Crippen LogP contribution in [0.15, 0.2) is 4.99 Å². The van der Waals surface area contributed by atoms with Crippen molar-refractivity contribution < 1.29 is 13.2 Å². The minimum atomic E-state index is -4.85. The van der Waals surface area contributed by atoms with Crippen molar-refractivity contribution in [3.05, 3.63) is 0 Å². The van der Waals surface area contributed by atoms with E-state index in [0.29, 0.717) is 0 Å². The molecule has 0 aliphatic heterocycles. The highest BCUT2D eigenvalue weighted by Crippen LogP contribution is 2.16. The lowest BCUT2D eigenvalue weighted by molar-refractivity contribution is -0.0604. The molecule has 0 aliphatic rings. The minimum Gasteiger partial charge on any atom is -0.386 e. The molecule has 0 aromatic heterocycles. The van der Waals surface area contributed by atoms with Crippen LogP contribution in [0, 0.1) is 16.7 Å². The Morgan fingerprint density at radius 1 is 1.57 bits per heavy atom. The van der Waals surface area contributed by atoms with E-state index in [-0.39, 0.29) is 6.42 Å². The molecule has 0 amide bonds. The molecule has 1 unspecified atom stereocenters. The van der Waals surface area contributed by atoms with Gasteiger partial charge in [-0.3, -0.25) is 5.41 Å². The van der Waals surface area contributed by atoms with Gasteiger partial charge in [-0.1, -0.05) is 0 Å². The van der Waals surface area contributed by atoms with E-state index in [1.165, 1.54) is 0 Å². The Kier molecular flexibility index (Phi) is 4.04. The van der Waals surface area contributed by atoms with Crippen LogP contribution in [0.1, 0.15) is 6.42 Å². The standard InChI is InChI=1S/C6H8F3N5/c7-6(8,9)5(13)14-4(12)3(11)1-2-10/h3H,1,11H2,(H3,12,13,14). The molecule has 78 valence electrons. The fourth-order valence-electron chi connectivity index (χ4n) is 0.478. The van der Waals surface area contributed by atoms with E-state index < -0.39 is 23.9 Å². The van der Waals surface area contributed by atoms with Gasteiger partial charge in [0.05, 0.1) is 18.5 Å². The molecule has 1 atom stereocenters. The van der Waals surface area contributed by atoms with Gasteiger partial charge < -0.3 is 11.5 Å². The van der Waals surface area contributed by atoms with Crippen molar-refractivity contribution in [2.75, 3.05) is 0 Å². The largest absolute Gasteiger partial charge is 0.450 e. The van der Waals surface area contributed by atoms with Crippen LogP contribution in [0.3, 0.4) is 0 Å². The molecule has 0 aromatic rings. The summed E-state index contributed by atoms with van der Waals surface area (Å²) in [4.78, 5) is 2.74. The summed E-state index contributed by atoms with van der Waals surface area (Å²) in [6, 6.07) is 0.542. The maximum atomic E-state index is 11.8. The zero-order chi connectivity index (χ0) is 11.4. The third-order valence-corrected chi connectivity index (χ3v) is 1.20. The van der Waals surface area contributed by atoms with Gasteiger partial charge in [0.2, 0.25) is 5.84 Å². The molecule has 0 heterocycles. The molecule has 5 nitrogen and oxygen atoms in total. The normalized spacial score (nSPS) is 14.6. The van der Waals surface area contributed by atoms with Gasteiger partial charge in [-0.2, -0.15) is 18.4 Å². The number of halogens is 3. The van der Waals surface area contributed by atoms with Crippen LogP contribution >= 0.6 is 0 Å². The number of nitriles is 1. The lowest BCUT2D eigenvalue weighted by Crippen LogP contribution is -2.38. The van der Waals surface area contributed by atoms with Crippen molar-refractivity contribution in [3.8, 4) is 6.07 Å². The quantitative estimate of drug-likeness (QED) is 0.441.